The predicted octanol–water partition coefficient (Wildman–Crippen LogP) is 3.43. The first-order chi connectivity index (χ1) is 9.79. The highest BCUT2D eigenvalue weighted by Gasteiger charge is 2.21. The topological polar surface area (TPSA) is 55.0 Å². The van der Waals surface area contributed by atoms with Crippen LogP contribution in [0.3, 0.4) is 0 Å². The first kappa shape index (κ1) is 13.1. The molecule has 3 aromatic rings. The van der Waals surface area contributed by atoms with Crippen molar-refractivity contribution in [2.24, 2.45) is 0 Å². The molecule has 0 fully saturated rings. The lowest BCUT2D eigenvalue weighted by Gasteiger charge is -2.14. The van der Waals surface area contributed by atoms with Crippen LogP contribution in [-0.2, 0) is 9.53 Å². The Hall–Kier alpha value is -1.89. The number of hydrogen-bond donors (Lipinski definition) is 1. The van der Waals surface area contributed by atoms with Crippen LogP contribution in [0.5, 0.6) is 0 Å². The number of carbonyl (C=O) groups is 1. The van der Waals surface area contributed by atoms with Gasteiger partial charge in [0.2, 0.25) is 0 Å². The van der Waals surface area contributed by atoms with Crippen molar-refractivity contribution in [3.63, 3.8) is 0 Å². The molecule has 0 aliphatic carbocycles. The number of aromatic nitrogens is 2. The molecule has 0 saturated heterocycles. The molecule has 4 nitrogen and oxygen atoms in total. The third-order valence-electron chi connectivity index (χ3n) is 3.09. The minimum atomic E-state index is -0.502. The normalized spacial score (nSPS) is 12.2. The van der Waals surface area contributed by atoms with Crippen molar-refractivity contribution < 1.29 is 9.53 Å². The molecular formula is C15H11IN2O2. The molecular weight excluding hydrogens is 367 g/mol. The number of carbonyl (C=O) groups excluding carboxylic acids is 1. The van der Waals surface area contributed by atoms with Crippen LogP contribution in [-0.4, -0.2) is 16.7 Å². The van der Waals surface area contributed by atoms with E-state index in [0.29, 0.717) is 6.47 Å². The molecule has 0 amide bonds. The van der Waals surface area contributed by atoms with E-state index in [4.69, 9.17) is 4.74 Å². The van der Waals surface area contributed by atoms with Gasteiger partial charge in [-0.1, -0.05) is 30.3 Å². The number of fused-ring (bicyclic) bond motifs is 1. The SMILES string of the molecule is O=COC(c1cccc(I)c1)c1n[nH]c2ccccc12. The third-order valence-corrected chi connectivity index (χ3v) is 3.76. The van der Waals surface area contributed by atoms with Crippen LogP contribution >= 0.6 is 22.6 Å². The molecule has 0 radical (unpaired) electrons. The van der Waals surface area contributed by atoms with E-state index in [-0.39, 0.29) is 0 Å². The van der Waals surface area contributed by atoms with Gasteiger partial charge in [-0.3, -0.25) is 9.89 Å². The second-order valence-corrected chi connectivity index (χ2v) is 5.57. The number of nitrogens with zero attached hydrogens (tertiary/aromatic N) is 1. The van der Waals surface area contributed by atoms with Crippen molar-refractivity contribution >= 4 is 40.0 Å². The zero-order chi connectivity index (χ0) is 13.9. The number of aromatic amines is 1. The molecule has 0 bridgehead atoms. The van der Waals surface area contributed by atoms with Crippen LogP contribution in [0.1, 0.15) is 17.4 Å². The molecule has 5 heteroatoms. The fourth-order valence-electron chi connectivity index (χ4n) is 2.21. The number of benzene rings is 2. The number of halogens is 1. The van der Waals surface area contributed by atoms with Gasteiger partial charge in [0.25, 0.3) is 6.47 Å². The highest BCUT2D eigenvalue weighted by Crippen LogP contribution is 2.30. The summed E-state index contributed by atoms with van der Waals surface area (Å²) < 4.78 is 6.35. The van der Waals surface area contributed by atoms with Crippen molar-refractivity contribution in [1.82, 2.24) is 10.2 Å². The molecule has 0 saturated carbocycles. The standard InChI is InChI=1S/C15H11IN2O2/c16-11-5-3-4-10(8-11)15(20-9-19)14-12-6-1-2-7-13(12)17-18-14/h1-9,15H,(H,17,18). The minimum absolute atomic E-state index is 0.466. The van der Waals surface area contributed by atoms with Gasteiger partial charge >= 0.3 is 0 Å². The Morgan fingerprint density at radius 1 is 1.20 bits per heavy atom. The molecule has 3 rings (SSSR count). The summed E-state index contributed by atoms with van der Waals surface area (Å²) in [5.41, 5.74) is 2.54. The van der Waals surface area contributed by atoms with Gasteiger partial charge in [-0.15, -0.1) is 0 Å². The van der Waals surface area contributed by atoms with Crippen molar-refractivity contribution in [1.29, 1.82) is 0 Å². The highest BCUT2D eigenvalue weighted by atomic mass is 127. The zero-order valence-corrected chi connectivity index (χ0v) is 12.6. The number of H-pyrrole nitrogens is 1. The summed E-state index contributed by atoms with van der Waals surface area (Å²) in [6.45, 7) is 0.466. The van der Waals surface area contributed by atoms with Gasteiger partial charge < -0.3 is 4.74 Å². The first-order valence-electron chi connectivity index (χ1n) is 6.07. The van der Waals surface area contributed by atoms with Crippen molar-refractivity contribution in [3.8, 4) is 0 Å². The van der Waals surface area contributed by atoms with E-state index in [1.807, 2.05) is 48.5 Å². The molecule has 1 N–H and O–H groups in total. The molecule has 1 aromatic heterocycles. The Kier molecular flexibility index (Phi) is 3.68. The smallest absolute Gasteiger partial charge is 0.294 e. The summed E-state index contributed by atoms with van der Waals surface area (Å²) in [5.74, 6) is 0. The number of rotatable bonds is 4. The Labute approximate surface area is 129 Å². The van der Waals surface area contributed by atoms with Gasteiger partial charge in [0.1, 0.15) is 5.69 Å². The quantitative estimate of drug-likeness (QED) is 0.559. The Morgan fingerprint density at radius 2 is 2.05 bits per heavy atom. The van der Waals surface area contributed by atoms with Gasteiger partial charge in [0, 0.05) is 8.96 Å². The highest BCUT2D eigenvalue weighted by molar-refractivity contribution is 14.1. The maximum absolute atomic E-state index is 10.8. The molecule has 20 heavy (non-hydrogen) atoms. The van der Waals surface area contributed by atoms with Crippen LogP contribution in [0, 0.1) is 3.57 Å². The van der Waals surface area contributed by atoms with E-state index in [9.17, 15) is 4.79 Å². The lowest BCUT2D eigenvalue weighted by molar-refractivity contribution is -0.132. The second-order valence-electron chi connectivity index (χ2n) is 4.32. The van der Waals surface area contributed by atoms with Gasteiger partial charge in [-0.05, 0) is 46.4 Å². The maximum atomic E-state index is 10.8. The average molecular weight is 378 g/mol. The molecule has 0 aliphatic rings. The zero-order valence-electron chi connectivity index (χ0n) is 10.4. The summed E-state index contributed by atoms with van der Waals surface area (Å²) in [6.07, 6.45) is -0.502. The number of ether oxygens (including phenoxy) is 1. The maximum Gasteiger partial charge on any atom is 0.294 e. The van der Waals surface area contributed by atoms with Crippen LogP contribution in [0.2, 0.25) is 0 Å². The second kappa shape index (κ2) is 5.62. The van der Waals surface area contributed by atoms with Crippen LogP contribution in [0.25, 0.3) is 10.9 Å². The van der Waals surface area contributed by atoms with Gasteiger partial charge in [-0.25, -0.2) is 0 Å². The number of para-hydroxylation sites is 1. The van der Waals surface area contributed by atoms with Gasteiger partial charge in [-0.2, -0.15) is 5.10 Å². The lowest BCUT2D eigenvalue weighted by atomic mass is 10.0. The van der Waals surface area contributed by atoms with E-state index in [1.54, 1.807) is 0 Å². The van der Waals surface area contributed by atoms with Crippen molar-refractivity contribution in [3.05, 3.63) is 63.4 Å². The van der Waals surface area contributed by atoms with Gasteiger partial charge in [0.05, 0.1) is 5.52 Å². The van der Waals surface area contributed by atoms with E-state index < -0.39 is 6.10 Å². The average Bonchev–Trinajstić information content (AvgIpc) is 2.88. The van der Waals surface area contributed by atoms with Crippen LogP contribution in [0.4, 0.5) is 0 Å². The fourth-order valence-corrected chi connectivity index (χ4v) is 2.78. The molecule has 0 spiro atoms. The van der Waals surface area contributed by atoms with Crippen molar-refractivity contribution in [2.45, 2.75) is 6.10 Å². The van der Waals surface area contributed by atoms with Crippen LogP contribution in [0.15, 0.2) is 48.5 Å². The number of hydrogen-bond acceptors (Lipinski definition) is 3. The summed E-state index contributed by atoms with van der Waals surface area (Å²) in [6, 6.07) is 15.6. The monoisotopic (exact) mass is 378 g/mol. The summed E-state index contributed by atoms with van der Waals surface area (Å²) >= 11 is 2.23. The number of nitrogens with one attached hydrogen (secondary N) is 1. The minimum Gasteiger partial charge on any atom is -0.453 e. The third kappa shape index (κ3) is 2.40. The molecule has 0 aliphatic heterocycles. The molecule has 2 aromatic carbocycles. The van der Waals surface area contributed by atoms with Crippen LogP contribution < -0.4 is 0 Å². The largest absolute Gasteiger partial charge is 0.453 e. The predicted molar refractivity (Wildman–Crippen MR) is 84.2 cm³/mol. The Bertz CT molecular complexity index is 754. The molecule has 1 heterocycles. The summed E-state index contributed by atoms with van der Waals surface area (Å²) in [4.78, 5) is 10.8. The Morgan fingerprint density at radius 3 is 2.85 bits per heavy atom. The van der Waals surface area contributed by atoms with E-state index >= 15 is 0 Å². The fraction of sp³-hybridized carbons (Fsp3) is 0.0667. The molecule has 100 valence electrons. The van der Waals surface area contributed by atoms with E-state index in [1.165, 1.54) is 0 Å². The van der Waals surface area contributed by atoms with E-state index in [2.05, 4.69) is 32.8 Å². The van der Waals surface area contributed by atoms with Gasteiger partial charge in [0.15, 0.2) is 6.10 Å². The molecule has 1 unspecified atom stereocenters. The first-order valence-corrected chi connectivity index (χ1v) is 7.15. The van der Waals surface area contributed by atoms with Crippen molar-refractivity contribution in [2.75, 3.05) is 0 Å². The summed E-state index contributed by atoms with van der Waals surface area (Å²) in [5, 5.41) is 8.23. The summed E-state index contributed by atoms with van der Waals surface area (Å²) in [7, 11) is 0. The van der Waals surface area contributed by atoms with E-state index in [0.717, 1.165) is 25.7 Å². The Balaban J connectivity index is 2.13. The molecule has 1 atom stereocenters. The lowest BCUT2D eigenvalue weighted by Crippen LogP contribution is -2.06.